The van der Waals surface area contributed by atoms with Crippen LogP contribution in [0.25, 0.3) is 0 Å². The number of fused-ring (bicyclic) bond motifs is 1. The quantitative estimate of drug-likeness (QED) is 0.730. The molecule has 1 unspecified atom stereocenters. The molecule has 3 aliphatic heterocycles. The maximum absolute atomic E-state index is 9.16. The number of anilines is 2. The normalized spacial score (nSPS) is 22.6. The third-order valence-corrected chi connectivity index (χ3v) is 5.22. The summed E-state index contributed by atoms with van der Waals surface area (Å²) in [5.41, 5.74) is 2.91. The van der Waals surface area contributed by atoms with E-state index in [1.807, 2.05) is 24.5 Å². The lowest BCUT2D eigenvalue weighted by molar-refractivity contribution is 0.122. The first-order chi connectivity index (χ1) is 14.8. The molecule has 1 atom stereocenters. The van der Waals surface area contributed by atoms with E-state index in [4.69, 9.17) is 14.9 Å². The van der Waals surface area contributed by atoms with Crippen LogP contribution in [0.3, 0.4) is 0 Å². The van der Waals surface area contributed by atoms with Crippen molar-refractivity contribution in [2.75, 3.05) is 43.1 Å². The topological polar surface area (TPSA) is 99.6 Å². The van der Waals surface area contributed by atoms with E-state index in [-0.39, 0.29) is 11.2 Å². The Morgan fingerprint density at radius 3 is 2.80 bits per heavy atom. The van der Waals surface area contributed by atoms with E-state index in [1.54, 1.807) is 23.3 Å². The van der Waals surface area contributed by atoms with Crippen LogP contribution in [0, 0.1) is 0 Å². The molecule has 2 N–H and O–H groups in total. The van der Waals surface area contributed by atoms with Crippen LogP contribution in [0.2, 0.25) is 0 Å². The number of guanidine groups is 1. The second-order valence-corrected chi connectivity index (χ2v) is 7.11. The number of nitrogens with one attached hydrogen (secondary N) is 1. The molecule has 0 amide bonds. The smallest absolute Gasteiger partial charge is 0.287 e. The van der Waals surface area contributed by atoms with Gasteiger partial charge in [-0.1, -0.05) is 4.59 Å². The highest BCUT2D eigenvalue weighted by molar-refractivity contribution is 6.38. The molecule has 0 bridgehead atoms. The molecule has 10 heteroatoms. The van der Waals surface area contributed by atoms with Crippen LogP contribution in [0.4, 0.5) is 17.1 Å². The average molecular weight is 407 g/mol. The molecule has 3 aliphatic rings. The molecule has 1 aromatic heterocycles. The highest BCUT2D eigenvalue weighted by Gasteiger charge is 2.43. The van der Waals surface area contributed by atoms with Gasteiger partial charge in [-0.15, -0.1) is 0 Å². The van der Waals surface area contributed by atoms with Crippen LogP contribution in [-0.4, -0.2) is 65.8 Å². The third kappa shape index (κ3) is 3.41. The maximum atomic E-state index is 9.16. The molecule has 0 aliphatic carbocycles. The highest BCUT2D eigenvalue weighted by Crippen LogP contribution is 2.30. The summed E-state index contributed by atoms with van der Waals surface area (Å²) in [6, 6.07) is 8.24. The minimum absolute atomic E-state index is 0.0237. The predicted octanol–water partition coefficient (Wildman–Crippen LogP) is 1.37. The molecule has 5 rings (SSSR count). The molecule has 0 spiro atoms. The van der Waals surface area contributed by atoms with E-state index in [1.165, 1.54) is 5.69 Å². The standard InChI is InChI=1S/C20H23N8O2/c29-10-6-27-15-18(13-22-27)28-9-5-21-14-19(28)24-20(25-28)23-16-1-3-17(4-2-16)26-7-11-30-12-8-26/h1-5,9,13-15,29H,6-8,10-12H2,(H,23,25)/q+1. The van der Waals surface area contributed by atoms with Crippen LogP contribution >= 0.6 is 0 Å². The molecule has 1 fully saturated rings. The lowest BCUT2D eigenvalue weighted by atomic mass is 10.2. The first-order valence-electron chi connectivity index (χ1n) is 9.90. The van der Waals surface area contributed by atoms with Crippen molar-refractivity contribution < 1.29 is 9.84 Å². The molecule has 30 heavy (non-hydrogen) atoms. The minimum atomic E-state index is 0.0237. The number of hydrogen-bond acceptors (Lipinski definition) is 8. The Kier molecular flexibility index (Phi) is 4.87. The Hall–Kier alpha value is -3.34. The van der Waals surface area contributed by atoms with Crippen LogP contribution in [0.15, 0.2) is 64.1 Å². The van der Waals surface area contributed by atoms with Gasteiger partial charge in [0.25, 0.3) is 11.8 Å². The molecule has 0 saturated carbocycles. The minimum Gasteiger partial charge on any atom is -0.394 e. The van der Waals surface area contributed by atoms with Crippen molar-refractivity contribution in [3.05, 3.63) is 49.1 Å². The number of benzene rings is 1. The van der Waals surface area contributed by atoms with E-state index in [0.29, 0.717) is 18.3 Å². The second kappa shape index (κ2) is 7.82. The fraction of sp³-hybridized carbons (Fsp3) is 0.300. The van der Waals surface area contributed by atoms with Gasteiger partial charge in [0.1, 0.15) is 12.4 Å². The van der Waals surface area contributed by atoms with Crippen molar-refractivity contribution in [1.29, 1.82) is 0 Å². The average Bonchev–Trinajstić information content (AvgIpc) is 3.40. The van der Waals surface area contributed by atoms with E-state index in [0.717, 1.165) is 37.7 Å². The number of hydrogen-bond donors (Lipinski definition) is 2. The Balaban J connectivity index is 1.37. The van der Waals surface area contributed by atoms with E-state index >= 15 is 0 Å². The molecule has 10 nitrogen and oxygen atoms in total. The molecule has 154 valence electrons. The Labute approximate surface area is 173 Å². The van der Waals surface area contributed by atoms with Gasteiger partial charge < -0.3 is 20.1 Å². The van der Waals surface area contributed by atoms with Crippen molar-refractivity contribution >= 4 is 35.1 Å². The van der Waals surface area contributed by atoms with Gasteiger partial charge in [0, 0.05) is 24.5 Å². The Morgan fingerprint density at radius 2 is 2.00 bits per heavy atom. The number of aliphatic hydroxyl groups is 1. The van der Waals surface area contributed by atoms with Crippen molar-refractivity contribution in [3.63, 3.8) is 0 Å². The van der Waals surface area contributed by atoms with E-state index in [9.17, 15) is 0 Å². The van der Waals surface area contributed by atoms with Crippen molar-refractivity contribution in [1.82, 2.24) is 14.4 Å². The number of quaternary nitrogens is 1. The van der Waals surface area contributed by atoms with Gasteiger partial charge in [-0.3, -0.25) is 9.67 Å². The van der Waals surface area contributed by atoms with Crippen molar-refractivity contribution in [3.8, 4) is 0 Å². The summed E-state index contributed by atoms with van der Waals surface area (Å²) in [5, 5.41) is 21.6. The number of morpholine rings is 1. The number of ether oxygens (including phenoxy) is 1. The summed E-state index contributed by atoms with van der Waals surface area (Å²) in [5.74, 6) is 1.17. The highest BCUT2D eigenvalue weighted by atomic mass is 16.5. The molecular formula is C20H23N8O2+. The van der Waals surface area contributed by atoms with Crippen LogP contribution in [0.5, 0.6) is 0 Å². The van der Waals surface area contributed by atoms with Crippen LogP contribution in [0.1, 0.15) is 0 Å². The number of nitrogens with zero attached hydrogens (tertiary/aromatic N) is 7. The summed E-state index contributed by atoms with van der Waals surface area (Å²) in [4.78, 5) is 11.1. The fourth-order valence-electron chi connectivity index (χ4n) is 3.67. The largest absolute Gasteiger partial charge is 0.394 e. The number of rotatable bonds is 5. The Morgan fingerprint density at radius 1 is 1.17 bits per heavy atom. The number of aliphatic imine (C=N–C) groups is 2. The summed E-state index contributed by atoms with van der Waals surface area (Å²) in [7, 11) is 0. The molecule has 2 aromatic rings. The predicted molar refractivity (Wildman–Crippen MR) is 117 cm³/mol. The van der Waals surface area contributed by atoms with Crippen LogP contribution in [-0.2, 0) is 11.3 Å². The maximum Gasteiger partial charge on any atom is 0.287 e. The summed E-state index contributed by atoms with van der Waals surface area (Å²) < 4.78 is 7.16. The summed E-state index contributed by atoms with van der Waals surface area (Å²) >= 11 is 0. The van der Waals surface area contributed by atoms with Gasteiger partial charge in [-0.25, -0.2) is 0 Å². The lowest BCUT2D eigenvalue weighted by Gasteiger charge is -2.28. The number of amidine groups is 1. The van der Waals surface area contributed by atoms with Crippen molar-refractivity contribution in [2.24, 2.45) is 15.1 Å². The molecule has 4 heterocycles. The SMILES string of the molecule is OCCn1cc([N+]23C=CN=CC2=NC(Nc2ccc(N4CCOCC4)cc2)=N3)cn1. The zero-order valence-corrected chi connectivity index (χ0v) is 16.4. The summed E-state index contributed by atoms with van der Waals surface area (Å²) in [6.07, 6.45) is 8.85. The summed E-state index contributed by atoms with van der Waals surface area (Å²) in [6.45, 7) is 3.78. The van der Waals surface area contributed by atoms with Gasteiger partial charge in [-0.05, 0) is 29.4 Å². The van der Waals surface area contributed by atoms with Gasteiger partial charge in [0.15, 0.2) is 6.20 Å². The van der Waals surface area contributed by atoms with Gasteiger partial charge in [0.05, 0.1) is 38.8 Å². The zero-order valence-electron chi connectivity index (χ0n) is 16.4. The van der Waals surface area contributed by atoms with E-state index < -0.39 is 0 Å². The van der Waals surface area contributed by atoms with Gasteiger partial charge in [-0.2, -0.15) is 10.1 Å². The molecule has 0 radical (unpaired) electrons. The van der Waals surface area contributed by atoms with Gasteiger partial charge >= 0.3 is 0 Å². The number of aromatic nitrogens is 2. The van der Waals surface area contributed by atoms with Crippen LogP contribution < -0.4 is 14.8 Å². The first-order valence-corrected chi connectivity index (χ1v) is 9.90. The van der Waals surface area contributed by atoms with Gasteiger partial charge in [0.2, 0.25) is 5.69 Å². The molecule has 1 saturated heterocycles. The van der Waals surface area contributed by atoms with Crippen molar-refractivity contribution in [2.45, 2.75) is 6.54 Å². The monoisotopic (exact) mass is 407 g/mol. The Bertz CT molecular complexity index is 1030. The fourth-order valence-corrected chi connectivity index (χ4v) is 3.67. The lowest BCUT2D eigenvalue weighted by Crippen LogP contribution is -2.44. The first kappa shape index (κ1) is 18.7. The zero-order chi connectivity index (χ0) is 20.4. The molecular weight excluding hydrogens is 384 g/mol. The third-order valence-electron chi connectivity index (χ3n) is 5.22. The van der Waals surface area contributed by atoms with E-state index in [2.05, 4.69) is 37.4 Å². The second-order valence-electron chi connectivity index (χ2n) is 7.11. The number of aliphatic hydroxyl groups excluding tert-OH is 1. The molecule has 1 aromatic carbocycles.